The highest BCUT2D eigenvalue weighted by Crippen LogP contribution is 2.28. The van der Waals surface area contributed by atoms with Crippen LogP contribution in [0.4, 0.5) is 0 Å². The molecule has 26 heavy (non-hydrogen) atoms. The largest absolute Gasteiger partial charge is 0.472 e. The molecule has 7 nitrogen and oxygen atoms in total. The minimum atomic E-state index is -0.667. The summed E-state index contributed by atoms with van der Waals surface area (Å²) < 4.78 is 10.3. The highest BCUT2D eigenvalue weighted by molar-refractivity contribution is 7.59. The van der Waals surface area contributed by atoms with Crippen LogP contribution in [0.15, 0.2) is 23.0 Å². The van der Waals surface area contributed by atoms with Crippen molar-refractivity contribution in [2.24, 2.45) is 5.92 Å². The molecule has 2 aliphatic heterocycles. The first-order valence-corrected chi connectivity index (χ1v) is 8.25. The van der Waals surface area contributed by atoms with Gasteiger partial charge in [-0.2, -0.15) is 27.0 Å². The van der Waals surface area contributed by atoms with Crippen molar-refractivity contribution in [2.75, 3.05) is 13.2 Å². The van der Waals surface area contributed by atoms with Crippen molar-refractivity contribution in [3.05, 3.63) is 24.2 Å². The summed E-state index contributed by atoms with van der Waals surface area (Å²) in [6, 6.07) is 0.379. The van der Waals surface area contributed by atoms with Crippen molar-refractivity contribution in [1.82, 2.24) is 10.2 Å². The van der Waals surface area contributed by atoms with E-state index in [1.165, 1.54) is 12.5 Å². The molecule has 0 aliphatic carbocycles. The summed E-state index contributed by atoms with van der Waals surface area (Å²) in [6.07, 6.45) is 3.71. The van der Waals surface area contributed by atoms with E-state index in [-0.39, 0.29) is 63.2 Å². The highest BCUT2D eigenvalue weighted by atomic mass is 32.1. The van der Waals surface area contributed by atoms with Gasteiger partial charge in [-0.25, -0.2) is 0 Å². The Balaban J connectivity index is 0.00000169. The average molecular weight is 403 g/mol. The fourth-order valence-electron chi connectivity index (χ4n) is 3.37. The normalized spacial score (nSPS) is 22.4. The number of hydrogen-bond donors (Lipinski definition) is 1. The van der Waals surface area contributed by atoms with Crippen LogP contribution >= 0.6 is 27.0 Å². The molecular formula is C17H26N2O5S2. The molecule has 2 saturated heterocycles. The standard InChI is InChI=1S/C17H22N2O5.2H2S/c1-10(2)7-12(18-16(21)11-4-6-23-8-11)17(22)19-5-3-14-15(19)13(20)9-24-14;;/h4,6,8,10,12,14-15H,3,5,7,9H2,1-2H3,(H,18,21);2*1H2/t12-,14+,15+;;/m0../s1. The van der Waals surface area contributed by atoms with Crippen LogP contribution in [0.1, 0.15) is 37.0 Å². The average Bonchev–Trinajstić information content (AvgIpc) is 3.24. The highest BCUT2D eigenvalue weighted by Gasteiger charge is 2.48. The molecule has 2 amide bonds. The zero-order valence-electron chi connectivity index (χ0n) is 14.9. The van der Waals surface area contributed by atoms with Gasteiger partial charge in [-0.3, -0.25) is 14.4 Å². The zero-order valence-corrected chi connectivity index (χ0v) is 16.9. The van der Waals surface area contributed by atoms with Crippen molar-refractivity contribution < 1.29 is 23.5 Å². The third-order valence-corrected chi connectivity index (χ3v) is 4.49. The predicted molar refractivity (Wildman–Crippen MR) is 105 cm³/mol. The van der Waals surface area contributed by atoms with Crippen molar-refractivity contribution in [3.8, 4) is 0 Å². The van der Waals surface area contributed by atoms with E-state index in [1.807, 2.05) is 13.8 Å². The number of fused-ring (bicyclic) bond motifs is 1. The molecule has 1 aromatic rings. The number of nitrogens with zero attached hydrogens (tertiary/aromatic N) is 1. The minimum absolute atomic E-state index is 0. The summed E-state index contributed by atoms with van der Waals surface area (Å²) in [5.41, 5.74) is 0.371. The molecule has 0 aromatic carbocycles. The number of nitrogens with one attached hydrogen (secondary N) is 1. The van der Waals surface area contributed by atoms with Crippen molar-refractivity contribution in [1.29, 1.82) is 0 Å². The predicted octanol–water partition coefficient (Wildman–Crippen LogP) is 1.22. The second-order valence-corrected chi connectivity index (χ2v) is 6.75. The maximum Gasteiger partial charge on any atom is 0.255 e. The van der Waals surface area contributed by atoms with Gasteiger partial charge < -0.3 is 19.4 Å². The van der Waals surface area contributed by atoms with Gasteiger partial charge in [0.2, 0.25) is 5.91 Å². The lowest BCUT2D eigenvalue weighted by Crippen LogP contribution is -2.52. The molecular weight excluding hydrogens is 376 g/mol. The second kappa shape index (κ2) is 9.48. The van der Waals surface area contributed by atoms with Crippen LogP contribution in [0.5, 0.6) is 0 Å². The van der Waals surface area contributed by atoms with Gasteiger partial charge in [-0.05, 0) is 24.8 Å². The summed E-state index contributed by atoms with van der Waals surface area (Å²) in [6.45, 7) is 4.52. The van der Waals surface area contributed by atoms with E-state index < -0.39 is 12.1 Å². The van der Waals surface area contributed by atoms with Crippen LogP contribution in [0.3, 0.4) is 0 Å². The van der Waals surface area contributed by atoms with Gasteiger partial charge in [-0.15, -0.1) is 0 Å². The number of carbonyl (C=O) groups excluding carboxylic acids is 3. The van der Waals surface area contributed by atoms with Gasteiger partial charge in [0.1, 0.15) is 25.0 Å². The van der Waals surface area contributed by atoms with E-state index in [1.54, 1.807) is 11.0 Å². The van der Waals surface area contributed by atoms with E-state index in [0.717, 1.165) is 0 Å². The monoisotopic (exact) mass is 402 g/mol. The smallest absolute Gasteiger partial charge is 0.255 e. The molecule has 0 bridgehead atoms. The molecule has 0 saturated carbocycles. The Morgan fingerprint density at radius 2 is 2.08 bits per heavy atom. The zero-order chi connectivity index (χ0) is 17.3. The van der Waals surface area contributed by atoms with Crippen LogP contribution < -0.4 is 5.32 Å². The molecule has 1 aromatic heterocycles. The number of carbonyl (C=O) groups is 3. The fourth-order valence-corrected chi connectivity index (χ4v) is 3.37. The number of rotatable bonds is 5. The molecule has 3 heterocycles. The quantitative estimate of drug-likeness (QED) is 0.800. The number of likely N-dealkylation sites (tertiary alicyclic amines) is 1. The molecule has 0 unspecified atom stereocenters. The summed E-state index contributed by atoms with van der Waals surface area (Å²) >= 11 is 0. The number of ketones is 1. The molecule has 2 fully saturated rings. The Hall–Kier alpha value is -1.45. The SMILES string of the molecule is CC(C)C[C@H](NC(=O)c1ccoc1)C(=O)N1CC[C@H]2OCC(=O)[C@H]21.S.S. The lowest BCUT2D eigenvalue weighted by Gasteiger charge is -2.28. The van der Waals surface area contributed by atoms with Crippen LogP contribution in [-0.2, 0) is 14.3 Å². The van der Waals surface area contributed by atoms with E-state index in [4.69, 9.17) is 9.15 Å². The van der Waals surface area contributed by atoms with Crippen molar-refractivity contribution >= 4 is 44.6 Å². The Kier molecular flexibility index (Phi) is 8.23. The summed E-state index contributed by atoms with van der Waals surface area (Å²) in [7, 11) is 0. The molecule has 2 aliphatic rings. The van der Waals surface area contributed by atoms with Crippen LogP contribution in [-0.4, -0.2) is 53.8 Å². The number of amides is 2. The second-order valence-electron chi connectivity index (χ2n) is 6.75. The van der Waals surface area contributed by atoms with Crippen LogP contribution in [0.25, 0.3) is 0 Å². The van der Waals surface area contributed by atoms with E-state index in [0.29, 0.717) is 24.9 Å². The molecule has 1 N–H and O–H groups in total. The molecule has 146 valence electrons. The topological polar surface area (TPSA) is 88.8 Å². The summed E-state index contributed by atoms with van der Waals surface area (Å²) in [4.78, 5) is 38.8. The van der Waals surface area contributed by atoms with Crippen molar-refractivity contribution in [3.63, 3.8) is 0 Å². The van der Waals surface area contributed by atoms with Crippen LogP contribution in [0, 0.1) is 5.92 Å². The first kappa shape index (κ1) is 22.6. The van der Waals surface area contributed by atoms with E-state index >= 15 is 0 Å². The third kappa shape index (κ3) is 4.63. The Labute approximate surface area is 166 Å². The Bertz CT molecular complexity index is 635. The van der Waals surface area contributed by atoms with E-state index in [2.05, 4.69) is 5.32 Å². The molecule has 0 radical (unpaired) electrons. The third-order valence-electron chi connectivity index (χ3n) is 4.49. The lowest BCUT2D eigenvalue weighted by atomic mass is 10.0. The number of Topliss-reactive ketones (excluding diaryl/α,β-unsaturated/α-hetero) is 1. The first-order chi connectivity index (χ1) is 11.5. The molecule has 3 rings (SSSR count). The lowest BCUT2D eigenvalue weighted by molar-refractivity contribution is -0.138. The van der Waals surface area contributed by atoms with E-state index in [9.17, 15) is 14.4 Å². The van der Waals surface area contributed by atoms with Crippen molar-refractivity contribution in [2.45, 2.75) is 44.9 Å². The molecule has 3 atom stereocenters. The number of hydrogen-bond acceptors (Lipinski definition) is 5. The minimum Gasteiger partial charge on any atom is -0.472 e. The summed E-state index contributed by atoms with van der Waals surface area (Å²) in [5, 5.41) is 2.78. The summed E-state index contributed by atoms with van der Waals surface area (Å²) in [5.74, 6) is -0.410. The van der Waals surface area contributed by atoms with Gasteiger partial charge in [-0.1, -0.05) is 13.8 Å². The Morgan fingerprint density at radius 3 is 2.69 bits per heavy atom. The van der Waals surface area contributed by atoms with Gasteiger partial charge in [0, 0.05) is 6.54 Å². The van der Waals surface area contributed by atoms with Gasteiger partial charge in [0.25, 0.3) is 5.91 Å². The number of ether oxygens (including phenoxy) is 1. The molecule has 0 spiro atoms. The van der Waals surface area contributed by atoms with Gasteiger partial charge in [0.05, 0.1) is 17.9 Å². The van der Waals surface area contributed by atoms with Gasteiger partial charge >= 0.3 is 0 Å². The maximum absolute atomic E-state index is 13.0. The Morgan fingerprint density at radius 1 is 1.35 bits per heavy atom. The van der Waals surface area contributed by atoms with Crippen LogP contribution in [0.2, 0.25) is 0 Å². The molecule has 9 heteroatoms. The number of furan rings is 1. The maximum atomic E-state index is 13.0. The first-order valence-electron chi connectivity index (χ1n) is 8.25. The van der Waals surface area contributed by atoms with Gasteiger partial charge in [0.15, 0.2) is 5.78 Å². The fraction of sp³-hybridized carbons (Fsp3) is 0.588.